The molecule has 0 aliphatic carbocycles. The number of ether oxygens (including phenoxy) is 1. The molecule has 6 nitrogen and oxygen atoms in total. The fourth-order valence-electron chi connectivity index (χ4n) is 2.15. The van der Waals surface area contributed by atoms with Crippen LogP contribution in [0.25, 0.3) is 0 Å². The van der Waals surface area contributed by atoms with Gasteiger partial charge in [0.2, 0.25) is 0 Å². The molecule has 0 aliphatic rings. The van der Waals surface area contributed by atoms with E-state index in [1.165, 1.54) is 18.2 Å². The van der Waals surface area contributed by atoms with Gasteiger partial charge in [0, 0.05) is 12.6 Å². The molecule has 0 amide bonds. The first-order valence-corrected chi connectivity index (χ1v) is 6.70. The molecule has 22 heavy (non-hydrogen) atoms. The van der Waals surface area contributed by atoms with E-state index >= 15 is 0 Å². The Morgan fingerprint density at radius 3 is 2.77 bits per heavy atom. The quantitative estimate of drug-likeness (QED) is 0.653. The van der Waals surface area contributed by atoms with Crippen molar-refractivity contribution in [2.45, 2.75) is 6.42 Å². The third-order valence-corrected chi connectivity index (χ3v) is 3.22. The van der Waals surface area contributed by atoms with Crippen molar-refractivity contribution in [3.63, 3.8) is 0 Å². The first kappa shape index (κ1) is 15.3. The zero-order chi connectivity index (χ0) is 15.9. The van der Waals surface area contributed by atoms with Crippen LogP contribution in [0.2, 0.25) is 0 Å². The zero-order valence-electron chi connectivity index (χ0n) is 12.1. The summed E-state index contributed by atoms with van der Waals surface area (Å²) in [4.78, 5) is 10.6. The van der Waals surface area contributed by atoms with Crippen molar-refractivity contribution >= 4 is 11.4 Å². The predicted octanol–water partition coefficient (Wildman–Crippen LogP) is 3.13. The number of nitrogens with zero attached hydrogens (tertiary/aromatic N) is 2. The van der Waals surface area contributed by atoms with Crippen LogP contribution < -0.4 is 10.1 Å². The second-order valence-corrected chi connectivity index (χ2v) is 4.59. The van der Waals surface area contributed by atoms with E-state index in [2.05, 4.69) is 5.32 Å². The Morgan fingerprint density at radius 1 is 1.32 bits per heavy atom. The monoisotopic (exact) mass is 297 g/mol. The van der Waals surface area contributed by atoms with Crippen LogP contribution in [0.1, 0.15) is 11.1 Å². The molecule has 0 heterocycles. The summed E-state index contributed by atoms with van der Waals surface area (Å²) >= 11 is 0. The topological polar surface area (TPSA) is 88.2 Å². The van der Waals surface area contributed by atoms with Gasteiger partial charge >= 0.3 is 0 Å². The van der Waals surface area contributed by atoms with Crippen molar-refractivity contribution in [3.05, 3.63) is 63.7 Å². The highest BCUT2D eigenvalue weighted by Gasteiger charge is 2.14. The van der Waals surface area contributed by atoms with Gasteiger partial charge < -0.3 is 10.1 Å². The molecular weight excluding hydrogens is 282 g/mol. The predicted molar refractivity (Wildman–Crippen MR) is 83.0 cm³/mol. The van der Waals surface area contributed by atoms with E-state index in [0.29, 0.717) is 24.2 Å². The van der Waals surface area contributed by atoms with Crippen LogP contribution in [0, 0.1) is 21.4 Å². The average molecular weight is 297 g/mol. The molecule has 0 aliphatic heterocycles. The Labute approximate surface area is 128 Å². The van der Waals surface area contributed by atoms with Crippen LogP contribution in [-0.4, -0.2) is 18.6 Å². The highest BCUT2D eigenvalue weighted by molar-refractivity contribution is 5.64. The Morgan fingerprint density at radius 2 is 2.09 bits per heavy atom. The lowest BCUT2D eigenvalue weighted by Gasteiger charge is -2.10. The maximum Gasteiger partial charge on any atom is 0.292 e. The summed E-state index contributed by atoms with van der Waals surface area (Å²) in [5, 5.41) is 22.9. The molecule has 0 spiro atoms. The van der Waals surface area contributed by atoms with E-state index in [0.717, 1.165) is 11.3 Å². The lowest BCUT2D eigenvalue weighted by atomic mass is 10.1. The van der Waals surface area contributed by atoms with Gasteiger partial charge in [0.25, 0.3) is 5.69 Å². The van der Waals surface area contributed by atoms with Gasteiger partial charge in [0.15, 0.2) is 0 Å². The fourth-order valence-corrected chi connectivity index (χ4v) is 2.15. The van der Waals surface area contributed by atoms with E-state index in [1.807, 2.05) is 30.3 Å². The Kier molecular flexibility index (Phi) is 4.94. The molecule has 0 bridgehead atoms. The fraction of sp³-hybridized carbons (Fsp3) is 0.188. The molecule has 0 unspecified atom stereocenters. The van der Waals surface area contributed by atoms with Crippen LogP contribution in [0.5, 0.6) is 5.75 Å². The molecule has 0 fully saturated rings. The number of rotatable bonds is 6. The molecule has 112 valence electrons. The van der Waals surface area contributed by atoms with Gasteiger partial charge in [-0.3, -0.25) is 10.1 Å². The third kappa shape index (κ3) is 3.52. The van der Waals surface area contributed by atoms with E-state index in [-0.39, 0.29) is 5.69 Å². The number of hydrogen-bond donors (Lipinski definition) is 1. The smallest absolute Gasteiger partial charge is 0.292 e. The SMILES string of the molecule is COc1ccccc1CCNc1cc(C#N)ccc1[N+](=O)[O-]. The minimum atomic E-state index is -0.466. The normalized spacial score (nSPS) is 9.82. The first-order chi connectivity index (χ1) is 10.7. The van der Waals surface area contributed by atoms with Crippen LogP contribution in [0.4, 0.5) is 11.4 Å². The molecule has 0 aromatic heterocycles. The number of nitro benzene ring substituents is 1. The van der Waals surface area contributed by atoms with Crippen molar-refractivity contribution in [1.29, 1.82) is 5.26 Å². The van der Waals surface area contributed by atoms with Crippen molar-refractivity contribution in [3.8, 4) is 11.8 Å². The number of methoxy groups -OCH3 is 1. The standard InChI is InChI=1S/C16H15N3O3/c1-22-16-5-3-2-4-13(16)8-9-18-14-10-12(11-17)6-7-15(14)19(20)21/h2-7,10,18H,8-9H2,1H3. The molecule has 0 atom stereocenters. The number of hydrogen-bond acceptors (Lipinski definition) is 5. The summed E-state index contributed by atoms with van der Waals surface area (Å²) in [5.41, 5.74) is 1.69. The minimum absolute atomic E-state index is 0.0426. The third-order valence-electron chi connectivity index (χ3n) is 3.22. The van der Waals surface area contributed by atoms with Crippen molar-refractivity contribution in [2.75, 3.05) is 19.0 Å². The maximum absolute atomic E-state index is 11.0. The second-order valence-electron chi connectivity index (χ2n) is 4.59. The van der Waals surface area contributed by atoms with E-state index < -0.39 is 4.92 Å². The molecule has 1 N–H and O–H groups in total. The lowest BCUT2D eigenvalue weighted by Crippen LogP contribution is -2.08. The highest BCUT2D eigenvalue weighted by Crippen LogP contribution is 2.25. The number of nitrogens with one attached hydrogen (secondary N) is 1. The summed E-state index contributed by atoms with van der Waals surface area (Å²) in [6.07, 6.45) is 0.651. The molecule has 2 rings (SSSR count). The number of anilines is 1. The molecule has 0 saturated heterocycles. The Balaban J connectivity index is 2.11. The van der Waals surface area contributed by atoms with Crippen LogP contribution in [-0.2, 0) is 6.42 Å². The van der Waals surface area contributed by atoms with E-state index in [9.17, 15) is 10.1 Å². The van der Waals surface area contributed by atoms with Gasteiger partial charge in [0.1, 0.15) is 11.4 Å². The van der Waals surface area contributed by atoms with E-state index in [1.54, 1.807) is 7.11 Å². The molecule has 0 radical (unpaired) electrons. The summed E-state index contributed by atoms with van der Waals surface area (Å²) in [7, 11) is 1.60. The van der Waals surface area contributed by atoms with Crippen molar-refractivity contribution < 1.29 is 9.66 Å². The highest BCUT2D eigenvalue weighted by atomic mass is 16.6. The van der Waals surface area contributed by atoms with Gasteiger partial charge in [-0.1, -0.05) is 18.2 Å². The summed E-state index contributed by atoms with van der Waals surface area (Å²) in [5.74, 6) is 0.782. The molecule has 2 aromatic carbocycles. The number of nitriles is 1. The van der Waals surface area contributed by atoms with Crippen LogP contribution >= 0.6 is 0 Å². The molecular formula is C16H15N3O3. The lowest BCUT2D eigenvalue weighted by molar-refractivity contribution is -0.384. The van der Waals surface area contributed by atoms with Gasteiger partial charge in [-0.15, -0.1) is 0 Å². The number of para-hydroxylation sites is 1. The Bertz CT molecular complexity index is 723. The van der Waals surface area contributed by atoms with Gasteiger partial charge in [-0.05, 0) is 30.2 Å². The molecule has 6 heteroatoms. The van der Waals surface area contributed by atoms with Crippen molar-refractivity contribution in [1.82, 2.24) is 0 Å². The van der Waals surface area contributed by atoms with Crippen LogP contribution in [0.3, 0.4) is 0 Å². The second kappa shape index (κ2) is 7.09. The summed E-state index contributed by atoms with van der Waals surface area (Å²) < 4.78 is 5.27. The maximum atomic E-state index is 11.0. The molecule has 0 saturated carbocycles. The molecule has 2 aromatic rings. The van der Waals surface area contributed by atoms with Gasteiger partial charge in [-0.25, -0.2) is 0 Å². The average Bonchev–Trinajstić information content (AvgIpc) is 2.55. The van der Waals surface area contributed by atoms with Crippen LogP contribution in [0.15, 0.2) is 42.5 Å². The minimum Gasteiger partial charge on any atom is -0.496 e. The largest absolute Gasteiger partial charge is 0.496 e. The zero-order valence-corrected chi connectivity index (χ0v) is 12.1. The summed E-state index contributed by atoms with van der Waals surface area (Å²) in [6, 6.07) is 13.8. The van der Waals surface area contributed by atoms with Crippen molar-refractivity contribution in [2.24, 2.45) is 0 Å². The summed E-state index contributed by atoms with van der Waals surface area (Å²) in [6.45, 7) is 0.496. The van der Waals surface area contributed by atoms with E-state index in [4.69, 9.17) is 10.00 Å². The first-order valence-electron chi connectivity index (χ1n) is 6.70. The van der Waals surface area contributed by atoms with Gasteiger partial charge in [0.05, 0.1) is 23.7 Å². The number of nitro groups is 1. The number of benzene rings is 2. The Hall–Kier alpha value is -3.07. The van der Waals surface area contributed by atoms with Gasteiger partial charge in [-0.2, -0.15) is 5.26 Å².